The van der Waals surface area contributed by atoms with Crippen molar-refractivity contribution < 1.29 is 27.1 Å². The van der Waals surface area contributed by atoms with Gasteiger partial charge in [-0.1, -0.05) is 0 Å². The summed E-state index contributed by atoms with van der Waals surface area (Å²) in [5.74, 6) is -4.35. The van der Waals surface area contributed by atoms with E-state index in [0.717, 1.165) is 18.2 Å². The van der Waals surface area contributed by atoms with Crippen molar-refractivity contribution in [3.05, 3.63) is 35.4 Å². The van der Waals surface area contributed by atoms with E-state index in [4.69, 9.17) is 0 Å². The van der Waals surface area contributed by atoms with Crippen molar-refractivity contribution in [3.63, 3.8) is 0 Å². The normalized spacial score (nSPS) is 22.6. The summed E-state index contributed by atoms with van der Waals surface area (Å²) in [5, 5.41) is 9.21. The number of carboxylic acids is 1. The standard InChI is InChI=1S/C13H14F2O4S/c14-10-1-2-12(15)9(5-10)6-11(13(16)17)8-3-4-20(18,19)7-8/h1-2,5,8,11H,3-4,6-7H2,(H,16,17). The highest BCUT2D eigenvalue weighted by molar-refractivity contribution is 7.91. The van der Waals surface area contributed by atoms with E-state index < -0.39 is 39.3 Å². The zero-order chi connectivity index (χ0) is 14.9. The molecule has 1 N–H and O–H groups in total. The topological polar surface area (TPSA) is 71.4 Å². The molecule has 1 saturated heterocycles. The van der Waals surface area contributed by atoms with Crippen LogP contribution < -0.4 is 0 Å². The van der Waals surface area contributed by atoms with E-state index in [-0.39, 0.29) is 29.9 Å². The molecule has 2 rings (SSSR count). The number of carbonyl (C=O) groups is 1. The van der Waals surface area contributed by atoms with Gasteiger partial charge in [-0.2, -0.15) is 0 Å². The molecule has 1 aliphatic heterocycles. The maximum absolute atomic E-state index is 13.6. The van der Waals surface area contributed by atoms with Gasteiger partial charge in [0.2, 0.25) is 0 Å². The molecule has 0 spiro atoms. The second-order valence-electron chi connectivity index (χ2n) is 5.05. The van der Waals surface area contributed by atoms with Crippen LogP contribution in [0.2, 0.25) is 0 Å². The predicted octanol–water partition coefficient (Wildman–Crippen LogP) is 1.64. The number of halogens is 2. The Kier molecular flexibility index (Phi) is 4.08. The van der Waals surface area contributed by atoms with Gasteiger partial charge in [0, 0.05) is 0 Å². The lowest BCUT2D eigenvalue weighted by Gasteiger charge is -2.18. The van der Waals surface area contributed by atoms with Crippen molar-refractivity contribution >= 4 is 15.8 Å². The second-order valence-corrected chi connectivity index (χ2v) is 7.28. The molecule has 1 heterocycles. The molecule has 4 nitrogen and oxygen atoms in total. The summed E-state index contributed by atoms with van der Waals surface area (Å²) in [5.41, 5.74) is -0.0401. The van der Waals surface area contributed by atoms with Crippen molar-refractivity contribution in [1.29, 1.82) is 0 Å². The summed E-state index contributed by atoms with van der Waals surface area (Å²) >= 11 is 0. The summed E-state index contributed by atoms with van der Waals surface area (Å²) in [4.78, 5) is 11.3. The van der Waals surface area contributed by atoms with Crippen LogP contribution in [0.4, 0.5) is 8.78 Å². The van der Waals surface area contributed by atoms with Crippen LogP contribution in [0.15, 0.2) is 18.2 Å². The lowest BCUT2D eigenvalue weighted by Crippen LogP contribution is -2.27. The largest absolute Gasteiger partial charge is 0.481 e. The minimum Gasteiger partial charge on any atom is -0.481 e. The first-order valence-electron chi connectivity index (χ1n) is 6.15. The molecule has 0 amide bonds. The third-order valence-corrected chi connectivity index (χ3v) is 5.40. The first-order valence-corrected chi connectivity index (χ1v) is 7.98. The van der Waals surface area contributed by atoms with Gasteiger partial charge in [0.15, 0.2) is 9.84 Å². The van der Waals surface area contributed by atoms with Gasteiger partial charge >= 0.3 is 5.97 Å². The highest BCUT2D eigenvalue weighted by atomic mass is 32.2. The maximum Gasteiger partial charge on any atom is 0.307 e. The number of aliphatic carboxylic acids is 1. The molecule has 2 atom stereocenters. The Hall–Kier alpha value is -1.50. The van der Waals surface area contributed by atoms with Gasteiger partial charge in [-0.05, 0) is 42.5 Å². The van der Waals surface area contributed by atoms with Gasteiger partial charge in [0.1, 0.15) is 11.6 Å². The smallest absolute Gasteiger partial charge is 0.307 e. The number of hydrogen-bond donors (Lipinski definition) is 1. The first kappa shape index (κ1) is 14.9. The van der Waals surface area contributed by atoms with Crippen molar-refractivity contribution in [3.8, 4) is 0 Å². The van der Waals surface area contributed by atoms with Gasteiger partial charge in [-0.25, -0.2) is 17.2 Å². The molecule has 0 saturated carbocycles. The van der Waals surface area contributed by atoms with Crippen LogP contribution >= 0.6 is 0 Å². The van der Waals surface area contributed by atoms with Crippen LogP contribution in [0.1, 0.15) is 12.0 Å². The van der Waals surface area contributed by atoms with E-state index in [1.165, 1.54) is 0 Å². The summed E-state index contributed by atoms with van der Waals surface area (Å²) in [7, 11) is -3.22. The Balaban J connectivity index is 2.22. The zero-order valence-electron chi connectivity index (χ0n) is 10.6. The monoisotopic (exact) mass is 304 g/mol. The van der Waals surface area contributed by atoms with Crippen molar-refractivity contribution in [2.24, 2.45) is 11.8 Å². The van der Waals surface area contributed by atoms with Gasteiger partial charge in [-0.3, -0.25) is 4.79 Å². The molecular weight excluding hydrogens is 290 g/mol. The third kappa shape index (κ3) is 3.33. The van der Waals surface area contributed by atoms with E-state index in [9.17, 15) is 27.1 Å². The molecule has 2 unspecified atom stereocenters. The van der Waals surface area contributed by atoms with Gasteiger partial charge in [-0.15, -0.1) is 0 Å². The zero-order valence-corrected chi connectivity index (χ0v) is 11.4. The van der Waals surface area contributed by atoms with Gasteiger partial charge in [0.05, 0.1) is 17.4 Å². The van der Waals surface area contributed by atoms with Crippen molar-refractivity contribution in [1.82, 2.24) is 0 Å². The molecule has 0 aromatic heterocycles. The quantitative estimate of drug-likeness (QED) is 0.918. The van der Waals surface area contributed by atoms with Crippen LogP contribution in [0, 0.1) is 23.5 Å². The fourth-order valence-electron chi connectivity index (χ4n) is 2.53. The molecule has 110 valence electrons. The van der Waals surface area contributed by atoms with E-state index in [0.29, 0.717) is 0 Å². The van der Waals surface area contributed by atoms with Crippen LogP contribution in [0.3, 0.4) is 0 Å². The van der Waals surface area contributed by atoms with E-state index in [1.807, 2.05) is 0 Å². The fraction of sp³-hybridized carbons (Fsp3) is 0.462. The Labute approximate surface area is 115 Å². The molecular formula is C13H14F2O4S. The number of rotatable bonds is 4. The molecule has 1 aromatic rings. The lowest BCUT2D eigenvalue weighted by molar-refractivity contribution is -0.143. The van der Waals surface area contributed by atoms with Gasteiger partial charge < -0.3 is 5.11 Å². The van der Waals surface area contributed by atoms with Crippen LogP contribution in [0.25, 0.3) is 0 Å². The van der Waals surface area contributed by atoms with Crippen LogP contribution in [-0.4, -0.2) is 31.0 Å². The number of benzene rings is 1. The van der Waals surface area contributed by atoms with E-state index >= 15 is 0 Å². The van der Waals surface area contributed by atoms with Crippen LogP contribution in [0.5, 0.6) is 0 Å². The molecule has 1 aromatic carbocycles. The average Bonchev–Trinajstić information content (AvgIpc) is 2.70. The van der Waals surface area contributed by atoms with Gasteiger partial charge in [0.25, 0.3) is 0 Å². The molecule has 0 aliphatic carbocycles. The second kappa shape index (κ2) is 5.47. The first-order chi connectivity index (χ1) is 9.28. The lowest BCUT2D eigenvalue weighted by atomic mass is 9.86. The minimum atomic E-state index is -3.22. The fourth-order valence-corrected chi connectivity index (χ4v) is 4.41. The molecule has 0 radical (unpaired) electrons. The molecule has 1 fully saturated rings. The highest BCUT2D eigenvalue weighted by Crippen LogP contribution is 2.29. The predicted molar refractivity (Wildman–Crippen MR) is 67.9 cm³/mol. The SMILES string of the molecule is O=C(O)C(Cc1cc(F)ccc1F)C1CCS(=O)(=O)C1. The van der Waals surface area contributed by atoms with Crippen molar-refractivity contribution in [2.75, 3.05) is 11.5 Å². The minimum absolute atomic E-state index is 0.0401. The Bertz CT molecular complexity index is 627. The Morgan fingerprint density at radius 3 is 2.65 bits per heavy atom. The molecule has 7 heteroatoms. The Morgan fingerprint density at radius 1 is 1.40 bits per heavy atom. The van der Waals surface area contributed by atoms with E-state index in [2.05, 4.69) is 0 Å². The molecule has 20 heavy (non-hydrogen) atoms. The van der Waals surface area contributed by atoms with Crippen molar-refractivity contribution in [2.45, 2.75) is 12.8 Å². The summed E-state index contributed by atoms with van der Waals surface area (Å²) < 4.78 is 49.5. The summed E-state index contributed by atoms with van der Waals surface area (Å²) in [6.07, 6.45) is 0.0371. The molecule has 1 aliphatic rings. The third-order valence-electron chi connectivity index (χ3n) is 3.60. The highest BCUT2D eigenvalue weighted by Gasteiger charge is 2.37. The van der Waals surface area contributed by atoms with Crippen LogP contribution in [-0.2, 0) is 21.1 Å². The average molecular weight is 304 g/mol. The number of carboxylic acid groups (broad SMARTS) is 1. The molecule has 0 bridgehead atoms. The van der Waals surface area contributed by atoms with E-state index in [1.54, 1.807) is 0 Å². The summed E-state index contributed by atoms with van der Waals surface area (Å²) in [6, 6.07) is 2.85. The number of hydrogen-bond acceptors (Lipinski definition) is 3. The maximum atomic E-state index is 13.6. The Morgan fingerprint density at radius 2 is 2.10 bits per heavy atom. The summed E-state index contributed by atoms with van der Waals surface area (Å²) in [6.45, 7) is 0. The number of sulfone groups is 1.